The van der Waals surface area contributed by atoms with Crippen LogP contribution in [0.15, 0.2) is 48.8 Å². The molecule has 0 aliphatic carbocycles. The van der Waals surface area contributed by atoms with Crippen molar-refractivity contribution in [2.45, 2.75) is 25.7 Å². The molecular formula is C21H21FN4O. The van der Waals surface area contributed by atoms with Gasteiger partial charge in [-0.05, 0) is 49.6 Å². The first-order chi connectivity index (χ1) is 13.1. The number of nitrogens with one attached hydrogen (secondary N) is 1. The molecular weight excluding hydrogens is 343 g/mol. The van der Waals surface area contributed by atoms with Gasteiger partial charge in [-0.15, -0.1) is 0 Å². The quantitative estimate of drug-likeness (QED) is 0.705. The Labute approximate surface area is 157 Å². The second-order valence-electron chi connectivity index (χ2n) is 6.95. The van der Waals surface area contributed by atoms with E-state index in [1.54, 1.807) is 31.5 Å². The molecule has 1 aromatic carbocycles. The summed E-state index contributed by atoms with van der Waals surface area (Å²) in [7, 11) is 0. The van der Waals surface area contributed by atoms with Gasteiger partial charge in [0.2, 0.25) is 0 Å². The molecule has 0 amide bonds. The number of nitrogens with zero attached hydrogens (tertiary/aromatic N) is 3. The number of pyridine rings is 1. The number of H-pyrrole nitrogens is 1. The summed E-state index contributed by atoms with van der Waals surface area (Å²) in [6, 6.07) is 10.2. The van der Waals surface area contributed by atoms with Crippen molar-refractivity contribution in [3.05, 3.63) is 65.9 Å². The fourth-order valence-corrected chi connectivity index (χ4v) is 3.67. The lowest BCUT2D eigenvalue weighted by atomic mass is 9.90. The minimum atomic E-state index is -0.243. The molecule has 0 radical (unpaired) electrons. The summed E-state index contributed by atoms with van der Waals surface area (Å²) in [5.41, 5.74) is 3.68. The van der Waals surface area contributed by atoms with Crippen molar-refractivity contribution in [3.63, 3.8) is 0 Å². The number of piperidine rings is 1. The third-order valence-electron chi connectivity index (χ3n) is 5.13. The molecule has 6 heteroatoms. The van der Waals surface area contributed by atoms with Gasteiger partial charge >= 0.3 is 0 Å². The maximum absolute atomic E-state index is 13.2. The zero-order chi connectivity index (χ0) is 18.8. The fraction of sp³-hybridized carbons (Fsp3) is 0.286. The van der Waals surface area contributed by atoms with Crippen LogP contribution in [0.4, 0.5) is 10.2 Å². The van der Waals surface area contributed by atoms with Gasteiger partial charge in [-0.2, -0.15) is 5.10 Å². The van der Waals surface area contributed by atoms with Gasteiger partial charge in [0.25, 0.3) is 0 Å². The summed E-state index contributed by atoms with van der Waals surface area (Å²) in [6.45, 7) is 3.30. The SMILES string of the molecule is CC(=O)c1ccc(N2CCC[C@H](c3[nH]ncc3-c3ccc(F)cc3)C2)nc1. The normalized spacial score (nSPS) is 17.1. The fourth-order valence-electron chi connectivity index (χ4n) is 3.67. The first-order valence-electron chi connectivity index (χ1n) is 9.13. The molecule has 27 heavy (non-hydrogen) atoms. The molecule has 0 saturated carbocycles. The number of aromatic amines is 1. The second kappa shape index (κ2) is 7.31. The standard InChI is InChI=1S/C21H21FN4O/c1-14(27)16-6-9-20(23-11-16)26-10-2-3-17(13-26)21-19(12-24-25-21)15-4-7-18(22)8-5-15/h4-9,11-12,17H,2-3,10,13H2,1H3,(H,24,25)/t17-/m0/s1. The molecule has 4 rings (SSSR count). The number of ketones is 1. The molecule has 3 heterocycles. The lowest BCUT2D eigenvalue weighted by Crippen LogP contribution is -2.35. The Bertz CT molecular complexity index is 934. The second-order valence-corrected chi connectivity index (χ2v) is 6.95. The first-order valence-corrected chi connectivity index (χ1v) is 9.13. The third-order valence-corrected chi connectivity index (χ3v) is 5.13. The number of hydrogen-bond acceptors (Lipinski definition) is 4. The van der Waals surface area contributed by atoms with E-state index in [0.717, 1.165) is 48.6 Å². The lowest BCUT2D eigenvalue weighted by molar-refractivity contribution is 0.101. The van der Waals surface area contributed by atoms with Crippen molar-refractivity contribution in [3.8, 4) is 11.1 Å². The van der Waals surface area contributed by atoms with E-state index in [1.807, 2.05) is 12.1 Å². The molecule has 5 nitrogen and oxygen atoms in total. The van der Waals surface area contributed by atoms with Gasteiger partial charge in [-0.3, -0.25) is 9.89 Å². The van der Waals surface area contributed by atoms with Crippen LogP contribution in [0.25, 0.3) is 11.1 Å². The minimum absolute atomic E-state index is 0.0203. The number of benzene rings is 1. The Hall–Kier alpha value is -3.02. The average molecular weight is 364 g/mol. The Kier molecular flexibility index (Phi) is 4.71. The van der Waals surface area contributed by atoms with E-state index in [0.29, 0.717) is 5.56 Å². The number of aromatic nitrogens is 3. The number of carbonyl (C=O) groups excluding carboxylic acids is 1. The zero-order valence-electron chi connectivity index (χ0n) is 15.2. The van der Waals surface area contributed by atoms with Gasteiger partial charge in [-0.25, -0.2) is 9.37 Å². The maximum atomic E-state index is 13.2. The highest BCUT2D eigenvalue weighted by atomic mass is 19.1. The third kappa shape index (κ3) is 3.60. The van der Waals surface area contributed by atoms with Crippen LogP contribution < -0.4 is 4.90 Å². The predicted octanol–water partition coefficient (Wildman–Crippen LogP) is 4.20. The van der Waals surface area contributed by atoms with E-state index >= 15 is 0 Å². The predicted molar refractivity (Wildman–Crippen MR) is 102 cm³/mol. The van der Waals surface area contributed by atoms with Crippen molar-refractivity contribution in [2.24, 2.45) is 0 Å². The number of halogens is 1. The molecule has 1 aliphatic rings. The highest BCUT2D eigenvalue weighted by Crippen LogP contribution is 2.34. The molecule has 2 aromatic heterocycles. The van der Waals surface area contributed by atoms with E-state index in [2.05, 4.69) is 20.1 Å². The largest absolute Gasteiger partial charge is 0.356 e. The van der Waals surface area contributed by atoms with Crippen molar-refractivity contribution >= 4 is 11.6 Å². The van der Waals surface area contributed by atoms with Gasteiger partial charge in [-0.1, -0.05) is 12.1 Å². The molecule has 1 aliphatic heterocycles. The van der Waals surface area contributed by atoms with Gasteiger partial charge in [0.05, 0.1) is 6.20 Å². The Morgan fingerprint density at radius 1 is 1.19 bits per heavy atom. The number of rotatable bonds is 4. The van der Waals surface area contributed by atoms with Crippen molar-refractivity contribution < 1.29 is 9.18 Å². The summed E-state index contributed by atoms with van der Waals surface area (Å²) >= 11 is 0. The van der Waals surface area contributed by atoms with Crippen LogP contribution in [-0.4, -0.2) is 34.1 Å². The average Bonchev–Trinajstić information content (AvgIpc) is 3.18. The number of hydrogen-bond donors (Lipinski definition) is 1. The Morgan fingerprint density at radius 2 is 2.00 bits per heavy atom. The van der Waals surface area contributed by atoms with E-state index in [-0.39, 0.29) is 17.5 Å². The number of anilines is 1. The molecule has 0 unspecified atom stereocenters. The summed E-state index contributed by atoms with van der Waals surface area (Å²) < 4.78 is 13.2. The van der Waals surface area contributed by atoms with Crippen LogP contribution in [0.2, 0.25) is 0 Å². The molecule has 0 bridgehead atoms. The smallest absolute Gasteiger partial charge is 0.161 e. The molecule has 1 fully saturated rings. The van der Waals surface area contributed by atoms with Gasteiger partial charge < -0.3 is 4.90 Å². The maximum Gasteiger partial charge on any atom is 0.161 e. The van der Waals surface area contributed by atoms with E-state index in [1.165, 1.54) is 12.1 Å². The summed E-state index contributed by atoms with van der Waals surface area (Å²) in [6.07, 6.45) is 5.55. The molecule has 3 aromatic rings. The molecule has 1 N–H and O–H groups in total. The van der Waals surface area contributed by atoms with Gasteiger partial charge in [0.1, 0.15) is 11.6 Å². The first kappa shape index (κ1) is 17.4. The summed E-state index contributed by atoms with van der Waals surface area (Å²) in [5, 5.41) is 7.38. The van der Waals surface area contributed by atoms with E-state index in [4.69, 9.17) is 0 Å². The van der Waals surface area contributed by atoms with Crippen LogP contribution in [0.5, 0.6) is 0 Å². The molecule has 1 saturated heterocycles. The highest BCUT2D eigenvalue weighted by Gasteiger charge is 2.26. The summed E-state index contributed by atoms with van der Waals surface area (Å²) in [5.74, 6) is 0.947. The Balaban J connectivity index is 1.56. The van der Waals surface area contributed by atoms with Crippen molar-refractivity contribution in [1.82, 2.24) is 15.2 Å². The lowest BCUT2D eigenvalue weighted by Gasteiger charge is -2.33. The highest BCUT2D eigenvalue weighted by molar-refractivity contribution is 5.93. The van der Waals surface area contributed by atoms with Crippen LogP contribution in [0.3, 0.4) is 0 Å². The van der Waals surface area contributed by atoms with Gasteiger partial charge in [0.15, 0.2) is 5.78 Å². The Morgan fingerprint density at radius 3 is 2.70 bits per heavy atom. The van der Waals surface area contributed by atoms with Crippen molar-refractivity contribution in [2.75, 3.05) is 18.0 Å². The number of carbonyl (C=O) groups is 1. The van der Waals surface area contributed by atoms with E-state index in [9.17, 15) is 9.18 Å². The van der Waals surface area contributed by atoms with E-state index < -0.39 is 0 Å². The number of Topliss-reactive ketones (excluding diaryl/α,β-unsaturated/α-hetero) is 1. The molecule has 0 spiro atoms. The molecule has 1 atom stereocenters. The van der Waals surface area contributed by atoms with Crippen LogP contribution in [-0.2, 0) is 0 Å². The minimum Gasteiger partial charge on any atom is -0.356 e. The van der Waals surface area contributed by atoms with Gasteiger partial charge in [0, 0.05) is 42.0 Å². The topological polar surface area (TPSA) is 61.9 Å². The zero-order valence-corrected chi connectivity index (χ0v) is 15.2. The summed E-state index contributed by atoms with van der Waals surface area (Å²) in [4.78, 5) is 18.2. The van der Waals surface area contributed by atoms with Crippen LogP contribution >= 0.6 is 0 Å². The van der Waals surface area contributed by atoms with Crippen LogP contribution in [0, 0.1) is 5.82 Å². The monoisotopic (exact) mass is 364 g/mol. The molecule has 138 valence electrons. The van der Waals surface area contributed by atoms with Crippen LogP contribution in [0.1, 0.15) is 41.7 Å². The van der Waals surface area contributed by atoms with Crippen molar-refractivity contribution in [1.29, 1.82) is 0 Å².